The zero-order chi connectivity index (χ0) is 18.8. The molecule has 136 valence electrons. The number of aryl methyl sites for hydroxylation is 1. The molecule has 0 aliphatic rings. The second-order valence-corrected chi connectivity index (χ2v) is 6.75. The first-order valence-corrected chi connectivity index (χ1v) is 9.04. The molecule has 1 N–H and O–H groups in total. The lowest BCUT2D eigenvalue weighted by atomic mass is 10.3. The Morgan fingerprint density at radius 2 is 2.11 bits per heavy atom. The summed E-state index contributed by atoms with van der Waals surface area (Å²) in [7, 11) is 0. The minimum atomic E-state index is -0.314. The second-order valence-electron chi connectivity index (χ2n) is 5.80. The molecule has 4 rings (SSSR count). The number of thiophene rings is 1. The molecule has 0 bridgehead atoms. The number of anilines is 1. The highest BCUT2D eigenvalue weighted by Crippen LogP contribution is 2.25. The Hall–Kier alpha value is -3.39. The standard InChI is InChI=1S/C19H15N3O4S/c1-12-9-17-20-13(10-18(23)22(17)26-12)11-25-15-6-3-2-5-14(15)21-19(24)16-7-4-8-27-16/h2-10H,11H2,1H3,(H,21,24). The molecule has 0 saturated heterocycles. The average Bonchev–Trinajstić information content (AvgIpc) is 3.30. The van der Waals surface area contributed by atoms with Crippen LogP contribution in [0, 0.1) is 6.92 Å². The summed E-state index contributed by atoms with van der Waals surface area (Å²) in [6.07, 6.45) is 0. The molecule has 0 atom stereocenters. The van der Waals surface area contributed by atoms with Gasteiger partial charge in [-0.1, -0.05) is 18.2 Å². The quantitative estimate of drug-likeness (QED) is 0.572. The van der Waals surface area contributed by atoms with Crippen molar-refractivity contribution in [1.29, 1.82) is 0 Å². The summed E-state index contributed by atoms with van der Waals surface area (Å²) in [6, 6.07) is 13.7. The summed E-state index contributed by atoms with van der Waals surface area (Å²) in [6.45, 7) is 1.83. The fourth-order valence-electron chi connectivity index (χ4n) is 2.59. The number of carbonyl (C=O) groups excluding carboxylic acids is 1. The second kappa shape index (κ2) is 7.08. The van der Waals surface area contributed by atoms with Crippen LogP contribution in [0.1, 0.15) is 21.1 Å². The molecule has 0 spiro atoms. The van der Waals surface area contributed by atoms with E-state index in [9.17, 15) is 9.59 Å². The Morgan fingerprint density at radius 3 is 2.93 bits per heavy atom. The van der Waals surface area contributed by atoms with E-state index < -0.39 is 0 Å². The summed E-state index contributed by atoms with van der Waals surface area (Å²) in [5.41, 5.74) is 1.14. The number of benzene rings is 1. The highest BCUT2D eigenvalue weighted by atomic mass is 32.1. The van der Waals surface area contributed by atoms with Crippen molar-refractivity contribution in [1.82, 2.24) is 9.56 Å². The van der Waals surface area contributed by atoms with Crippen molar-refractivity contribution in [3.05, 3.63) is 80.6 Å². The third-order valence-corrected chi connectivity index (χ3v) is 4.65. The first-order valence-electron chi connectivity index (χ1n) is 8.16. The van der Waals surface area contributed by atoms with Crippen LogP contribution in [0.5, 0.6) is 5.75 Å². The van der Waals surface area contributed by atoms with E-state index >= 15 is 0 Å². The topological polar surface area (TPSA) is 85.8 Å². The summed E-state index contributed by atoms with van der Waals surface area (Å²) >= 11 is 1.36. The van der Waals surface area contributed by atoms with E-state index in [1.165, 1.54) is 17.4 Å². The first-order chi connectivity index (χ1) is 13.1. The van der Waals surface area contributed by atoms with E-state index in [0.29, 0.717) is 33.4 Å². The minimum Gasteiger partial charge on any atom is -0.485 e. The van der Waals surface area contributed by atoms with Gasteiger partial charge in [-0.2, -0.15) is 0 Å². The van der Waals surface area contributed by atoms with E-state index in [1.54, 1.807) is 37.3 Å². The third kappa shape index (κ3) is 3.61. The number of nitrogens with zero attached hydrogens (tertiary/aromatic N) is 2. The van der Waals surface area contributed by atoms with E-state index in [-0.39, 0.29) is 18.1 Å². The summed E-state index contributed by atoms with van der Waals surface area (Å²) in [5.74, 6) is 0.889. The van der Waals surface area contributed by atoms with Crippen LogP contribution in [0.15, 0.2) is 63.2 Å². The van der Waals surface area contributed by atoms with Crippen molar-refractivity contribution in [3.8, 4) is 5.75 Å². The van der Waals surface area contributed by atoms with Crippen LogP contribution >= 0.6 is 11.3 Å². The molecule has 4 aromatic rings. The molecule has 1 aromatic carbocycles. The lowest BCUT2D eigenvalue weighted by Gasteiger charge is -2.11. The highest BCUT2D eigenvalue weighted by Gasteiger charge is 2.12. The fourth-order valence-corrected chi connectivity index (χ4v) is 3.21. The van der Waals surface area contributed by atoms with Crippen LogP contribution in [0.3, 0.4) is 0 Å². The van der Waals surface area contributed by atoms with Gasteiger partial charge in [0.2, 0.25) is 0 Å². The van der Waals surface area contributed by atoms with Crippen LogP contribution in [0.2, 0.25) is 0 Å². The van der Waals surface area contributed by atoms with Crippen molar-refractivity contribution in [3.63, 3.8) is 0 Å². The smallest absolute Gasteiger partial charge is 0.287 e. The van der Waals surface area contributed by atoms with E-state index in [4.69, 9.17) is 9.26 Å². The molecule has 3 aromatic heterocycles. The molecular formula is C19H15N3O4S. The molecule has 3 heterocycles. The van der Waals surface area contributed by atoms with Gasteiger partial charge in [0.1, 0.15) is 18.1 Å². The van der Waals surface area contributed by atoms with Gasteiger partial charge in [-0.15, -0.1) is 15.9 Å². The molecule has 0 saturated carbocycles. The maximum atomic E-state index is 12.3. The van der Waals surface area contributed by atoms with Crippen molar-refractivity contribution in [2.45, 2.75) is 13.5 Å². The van der Waals surface area contributed by atoms with Crippen molar-refractivity contribution in [2.75, 3.05) is 5.32 Å². The molecule has 7 nitrogen and oxygen atoms in total. The molecule has 0 aliphatic carbocycles. The number of ether oxygens (including phenoxy) is 1. The minimum absolute atomic E-state index is 0.0852. The van der Waals surface area contributed by atoms with Gasteiger partial charge in [0.25, 0.3) is 11.5 Å². The number of nitrogens with one attached hydrogen (secondary N) is 1. The number of fused-ring (bicyclic) bond motifs is 1. The monoisotopic (exact) mass is 381 g/mol. The number of para-hydroxylation sites is 2. The van der Waals surface area contributed by atoms with Crippen LogP contribution in [-0.4, -0.2) is 15.5 Å². The normalized spacial score (nSPS) is 10.9. The summed E-state index contributed by atoms with van der Waals surface area (Å²) in [5, 5.41) is 4.68. The zero-order valence-corrected chi connectivity index (χ0v) is 15.2. The molecule has 0 unspecified atom stereocenters. The van der Waals surface area contributed by atoms with E-state index in [1.807, 2.05) is 17.5 Å². The number of carbonyl (C=O) groups is 1. The molecule has 27 heavy (non-hydrogen) atoms. The van der Waals surface area contributed by atoms with Gasteiger partial charge in [-0.25, -0.2) is 4.98 Å². The van der Waals surface area contributed by atoms with Gasteiger partial charge < -0.3 is 14.6 Å². The van der Waals surface area contributed by atoms with Crippen LogP contribution < -0.4 is 15.6 Å². The van der Waals surface area contributed by atoms with Crippen molar-refractivity contribution in [2.24, 2.45) is 0 Å². The molecular weight excluding hydrogens is 366 g/mol. The van der Waals surface area contributed by atoms with Gasteiger partial charge in [-0.3, -0.25) is 9.59 Å². The third-order valence-electron chi connectivity index (χ3n) is 3.78. The predicted octanol–water partition coefficient (Wildman–Crippen LogP) is 3.49. The molecule has 0 fully saturated rings. The molecule has 1 amide bonds. The summed E-state index contributed by atoms with van der Waals surface area (Å²) < 4.78 is 12.2. The molecule has 0 aliphatic heterocycles. The largest absolute Gasteiger partial charge is 0.485 e. The Morgan fingerprint density at radius 1 is 1.26 bits per heavy atom. The Kier molecular flexibility index (Phi) is 4.47. The van der Waals surface area contributed by atoms with Gasteiger partial charge in [0.05, 0.1) is 16.3 Å². The maximum absolute atomic E-state index is 12.3. The van der Waals surface area contributed by atoms with Crippen molar-refractivity contribution >= 4 is 28.6 Å². The van der Waals surface area contributed by atoms with Gasteiger partial charge in [-0.05, 0) is 30.5 Å². The number of rotatable bonds is 5. The lowest BCUT2D eigenvalue weighted by molar-refractivity contribution is 0.103. The van der Waals surface area contributed by atoms with Gasteiger partial charge in [0.15, 0.2) is 5.65 Å². The zero-order valence-electron chi connectivity index (χ0n) is 14.3. The maximum Gasteiger partial charge on any atom is 0.287 e. The van der Waals surface area contributed by atoms with Gasteiger partial charge in [0, 0.05) is 12.1 Å². The summed E-state index contributed by atoms with van der Waals surface area (Å²) in [4.78, 5) is 29.3. The van der Waals surface area contributed by atoms with Crippen molar-refractivity contribution < 1.29 is 14.1 Å². The van der Waals surface area contributed by atoms with E-state index in [2.05, 4.69) is 10.3 Å². The number of amides is 1. The number of hydrogen-bond acceptors (Lipinski definition) is 6. The highest BCUT2D eigenvalue weighted by molar-refractivity contribution is 7.12. The number of hydrogen-bond donors (Lipinski definition) is 1. The first kappa shape index (κ1) is 17.0. The van der Waals surface area contributed by atoms with Crippen LogP contribution in [0.4, 0.5) is 5.69 Å². The average molecular weight is 381 g/mol. The molecule has 8 heteroatoms. The Labute approximate surface area is 157 Å². The van der Waals surface area contributed by atoms with Crippen LogP contribution in [-0.2, 0) is 6.61 Å². The molecule has 0 radical (unpaired) electrons. The lowest BCUT2D eigenvalue weighted by Crippen LogP contribution is -2.15. The number of aromatic nitrogens is 2. The Bertz CT molecular complexity index is 1160. The van der Waals surface area contributed by atoms with Gasteiger partial charge >= 0.3 is 0 Å². The fraction of sp³-hybridized carbons (Fsp3) is 0.105. The van der Waals surface area contributed by atoms with Crippen LogP contribution in [0.25, 0.3) is 5.65 Å². The SMILES string of the molecule is Cc1cc2nc(COc3ccccc3NC(=O)c3cccs3)cc(=O)n2o1. The Balaban J connectivity index is 1.53. The predicted molar refractivity (Wildman–Crippen MR) is 102 cm³/mol. The van der Waals surface area contributed by atoms with E-state index in [0.717, 1.165) is 4.57 Å².